The van der Waals surface area contributed by atoms with Gasteiger partial charge in [-0.05, 0) is 36.1 Å². The summed E-state index contributed by atoms with van der Waals surface area (Å²) in [6.45, 7) is 0.242. The number of rotatable bonds is 8. The Morgan fingerprint density at radius 1 is 1.08 bits per heavy atom. The zero-order chi connectivity index (χ0) is 17.4. The van der Waals surface area contributed by atoms with Gasteiger partial charge in [0.05, 0.1) is 6.10 Å². The van der Waals surface area contributed by atoms with Crippen molar-refractivity contribution >= 4 is 11.6 Å². The number of carbonyl (C=O) groups excluding carboxylic acids is 1. The molecule has 0 fully saturated rings. The maximum Gasteiger partial charge on any atom is 0.220 e. The molecule has 2 N–H and O–H groups in total. The number of amides is 1. The third-order valence-corrected chi connectivity index (χ3v) is 4.00. The summed E-state index contributed by atoms with van der Waals surface area (Å²) in [5, 5.41) is 13.0. The van der Waals surface area contributed by atoms with E-state index >= 15 is 0 Å². The van der Waals surface area contributed by atoms with Gasteiger partial charge in [0.15, 0.2) is 0 Å². The number of hydrogen-bond donors (Lipinski definition) is 2. The predicted octanol–water partition coefficient (Wildman–Crippen LogP) is 2.93. The fraction of sp³-hybridized carbons (Fsp3) is 0.350. The lowest BCUT2D eigenvalue weighted by molar-refractivity contribution is -0.121. The van der Waals surface area contributed by atoms with Crippen LogP contribution in [0.5, 0.6) is 0 Å². The van der Waals surface area contributed by atoms with Crippen molar-refractivity contribution in [1.29, 1.82) is 0 Å². The van der Waals surface area contributed by atoms with Crippen LogP contribution in [0.2, 0.25) is 0 Å². The van der Waals surface area contributed by atoms with Gasteiger partial charge in [0.25, 0.3) is 0 Å². The number of aliphatic hydroxyl groups excluding tert-OH is 1. The molecule has 24 heavy (non-hydrogen) atoms. The van der Waals surface area contributed by atoms with E-state index in [-0.39, 0.29) is 12.5 Å². The molecule has 0 spiro atoms. The highest BCUT2D eigenvalue weighted by Crippen LogP contribution is 2.17. The first-order chi connectivity index (χ1) is 11.6. The van der Waals surface area contributed by atoms with E-state index in [9.17, 15) is 9.90 Å². The molecule has 2 aromatic rings. The van der Waals surface area contributed by atoms with Crippen molar-refractivity contribution < 1.29 is 9.90 Å². The Labute approximate surface area is 144 Å². The topological polar surface area (TPSA) is 52.6 Å². The molecule has 4 heteroatoms. The van der Waals surface area contributed by atoms with Crippen LogP contribution in [0.1, 0.15) is 30.1 Å². The van der Waals surface area contributed by atoms with Crippen LogP contribution >= 0.6 is 0 Å². The molecule has 4 nitrogen and oxygen atoms in total. The van der Waals surface area contributed by atoms with Gasteiger partial charge in [-0.15, -0.1) is 0 Å². The summed E-state index contributed by atoms with van der Waals surface area (Å²) >= 11 is 0. The summed E-state index contributed by atoms with van der Waals surface area (Å²) in [5.74, 6) is -0.0186. The average Bonchev–Trinajstić information content (AvgIpc) is 2.60. The summed E-state index contributed by atoms with van der Waals surface area (Å²) < 4.78 is 0. The van der Waals surface area contributed by atoms with Crippen LogP contribution in [0.15, 0.2) is 54.6 Å². The zero-order valence-corrected chi connectivity index (χ0v) is 14.4. The molecule has 0 unspecified atom stereocenters. The Hall–Kier alpha value is -2.33. The van der Waals surface area contributed by atoms with E-state index in [1.54, 1.807) is 0 Å². The molecule has 0 heterocycles. The smallest absolute Gasteiger partial charge is 0.220 e. The van der Waals surface area contributed by atoms with Crippen LogP contribution in [0.4, 0.5) is 5.69 Å². The van der Waals surface area contributed by atoms with Crippen molar-refractivity contribution in [3.63, 3.8) is 0 Å². The number of aryl methyl sites for hydroxylation is 1. The van der Waals surface area contributed by atoms with Gasteiger partial charge in [0.2, 0.25) is 5.91 Å². The SMILES string of the molecule is CN(C)c1ccc([C@H](O)CNC(=O)CCCc2ccccc2)cc1. The number of aliphatic hydroxyl groups is 1. The lowest BCUT2D eigenvalue weighted by atomic mass is 10.1. The predicted molar refractivity (Wildman–Crippen MR) is 98.1 cm³/mol. The highest BCUT2D eigenvalue weighted by atomic mass is 16.3. The van der Waals surface area contributed by atoms with Gasteiger partial charge in [-0.3, -0.25) is 4.79 Å². The molecular formula is C20H26N2O2. The van der Waals surface area contributed by atoms with Crippen LogP contribution < -0.4 is 10.2 Å². The molecule has 128 valence electrons. The number of anilines is 1. The summed E-state index contributed by atoms with van der Waals surface area (Å²) in [6, 6.07) is 17.8. The second-order valence-electron chi connectivity index (χ2n) is 6.14. The second kappa shape index (κ2) is 9.08. The van der Waals surface area contributed by atoms with Crippen molar-refractivity contribution in [3.05, 3.63) is 65.7 Å². The molecule has 0 aliphatic carbocycles. The van der Waals surface area contributed by atoms with E-state index in [0.717, 1.165) is 24.1 Å². The number of carbonyl (C=O) groups is 1. The fourth-order valence-corrected chi connectivity index (χ4v) is 2.51. The maximum atomic E-state index is 11.9. The highest BCUT2D eigenvalue weighted by Gasteiger charge is 2.10. The van der Waals surface area contributed by atoms with Gasteiger partial charge in [-0.1, -0.05) is 42.5 Å². The lowest BCUT2D eigenvalue weighted by Crippen LogP contribution is -2.28. The van der Waals surface area contributed by atoms with Gasteiger partial charge >= 0.3 is 0 Å². The van der Waals surface area contributed by atoms with Crippen LogP contribution in [-0.2, 0) is 11.2 Å². The summed E-state index contributed by atoms with van der Waals surface area (Å²) in [5.41, 5.74) is 3.13. The normalized spacial score (nSPS) is 11.8. The molecule has 0 aliphatic rings. The fourth-order valence-electron chi connectivity index (χ4n) is 2.51. The Balaban J connectivity index is 1.70. The summed E-state index contributed by atoms with van der Waals surface area (Å²) in [4.78, 5) is 13.9. The van der Waals surface area contributed by atoms with Gasteiger partial charge in [-0.2, -0.15) is 0 Å². The van der Waals surface area contributed by atoms with Crippen LogP contribution in [0.3, 0.4) is 0 Å². The van der Waals surface area contributed by atoms with Gasteiger partial charge < -0.3 is 15.3 Å². The maximum absolute atomic E-state index is 11.9. The highest BCUT2D eigenvalue weighted by molar-refractivity contribution is 5.75. The van der Waals surface area contributed by atoms with Crippen molar-refractivity contribution in [2.24, 2.45) is 0 Å². The second-order valence-corrected chi connectivity index (χ2v) is 6.14. The Morgan fingerprint density at radius 3 is 2.38 bits per heavy atom. The first-order valence-electron chi connectivity index (χ1n) is 8.32. The van der Waals surface area contributed by atoms with Crippen LogP contribution in [-0.4, -0.2) is 31.7 Å². The molecule has 2 rings (SSSR count). The van der Waals surface area contributed by atoms with E-state index in [1.165, 1.54) is 5.56 Å². The van der Waals surface area contributed by atoms with Crippen molar-refractivity contribution in [2.75, 3.05) is 25.5 Å². The van der Waals surface area contributed by atoms with Crippen molar-refractivity contribution in [1.82, 2.24) is 5.32 Å². The number of nitrogens with one attached hydrogen (secondary N) is 1. The molecule has 0 radical (unpaired) electrons. The van der Waals surface area contributed by atoms with Crippen LogP contribution in [0.25, 0.3) is 0 Å². The standard InChI is InChI=1S/C20H26N2O2/c1-22(2)18-13-11-17(12-14-18)19(23)15-21-20(24)10-6-9-16-7-4-3-5-8-16/h3-5,7-8,11-14,19,23H,6,9-10,15H2,1-2H3,(H,21,24)/t19-/m1/s1. The molecule has 0 saturated carbocycles. The van der Waals surface area contributed by atoms with Crippen molar-refractivity contribution in [2.45, 2.75) is 25.4 Å². The summed E-state index contributed by atoms with van der Waals surface area (Å²) in [7, 11) is 3.95. The largest absolute Gasteiger partial charge is 0.387 e. The van der Waals surface area contributed by atoms with Crippen molar-refractivity contribution in [3.8, 4) is 0 Å². The Kier molecular flexibility index (Phi) is 6.82. The summed E-state index contributed by atoms with van der Waals surface area (Å²) in [6.07, 6.45) is 1.49. The molecule has 1 atom stereocenters. The Bertz CT molecular complexity index is 624. The van der Waals surface area contributed by atoms with Gasteiger partial charge in [-0.25, -0.2) is 0 Å². The first kappa shape index (κ1) is 18.0. The molecule has 2 aromatic carbocycles. The van der Waals surface area contributed by atoms with E-state index in [1.807, 2.05) is 61.5 Å². The first-order valence-corrected chi connectivity index (χ1v) is 8.32. The molecule has 0 bridgehead atoms. The molecule has 0 aromatic heterocycles. The lowest BCUT2D eigenvalue weighted by Gasteiger charge is -2.15. The van der Waals surface area contributed by atoms with Crippen LogP contribution in [0, 0.1) is 0 Å². The Morgan fingerprint density at radius 2 is 1.75 bits per heavy atom. The monoisotopic (exact) mass is 326 g/mol. The van der Waals surface area contributed by atoms with E-state index in [4.69, 9.17) is 0 Å². The average molecular weight is 326 g/mol. The van der Waals surface area contributed by atoms with E-state index in [2.05, 4.69) is 17.4 Å². The number of benzene rings is 2. The minimum absolute atomic E-state index is 0.0186. The van der Waals surface area contributed by atoms with Gasteiger partial charge in [0, 0.05) is 32.7 Å². The van der Waals surface area contributed by atoms with E-state index < -0.39 is 6.10 Å². The minimum atomic E-state index is -0.681. The quantitative estimate of drug-likeness (QED) is 0.784. The molecular weight excluding hydrogens is 300 g/mol. The third-order valence-electron chi connectivity index (χ3n) is 4.00. The number of nitrogens with zero attached hydrogens (tertiary/aromatic N) is 1. The van der Waals surface area contributed by atoms with Gasteiger partial charge in [0.1, 0.15) is 0 Å². The molecule has 0 saturated heterocycles. The molecule has 0 aliphatic heterocycles. The minimum Gasteiger partial charge on any atom is -0.387 e. The zero-order valence-electron chi connectivity index (χ0n) is 14.4. The third kappa shape index (κ3) is 5.70. The van der Waals surface area contributed by atoms with E-state index in [0.29, 0.717) is 6.42 Å². The number of hydrogen-bond acceptors (Lipinski definition) is 3. The molecule has 1 amide bonds.